The second-order valence-corrected chi connectivity index (χ2v) is 7.59. The highest BCUT2D eigenvalue weighted by Crippen LogP contribution is 2.32. The number of amidine groups is 1. The van der Waals surface area contributed by atoms with Crippen molar-refractivity contribution < 1.29 is 9.21 Å². The zero-order chi connectivity index (χ0) is 16.4. The van der Waals surface area contributed by atoms with Crippen LogP contribution in [0.2, 0.25) is 0 Å². The van der Waals surface area contributed by atoms with Crippen molar-refractivity contribution in [1.82, 2.24) is 4.90 Å². The van der Waals surface area contributed by atoms with Gasteiger partial charge in [-0.1, -0.05) is 0 Å². The van der Waals surface area contributed by atoms with Gasteiger partial charge >= 0.3 is 0 Å². The van der Waals surface area contributed by atoms with Crippen LogP contribution in [0.4, 0.5) is 5.88 Å². The molecule has 0 radical (unpaired) electrons. The smallest absolute Gasteiger partial charge is 0.286 e. The van der Waals surface area contributed by atoms with Crippen molar-refractivity contribution in [3.8, 4) is 0 Å². The van der Waals surface area contributed by atoms with Gasteiger partial charge in [-0.3, -0.25) is 4.79 Å². The summed E-state index contributed by atoms with van der Waals surface area (Å²) in [6.45, 7) is 4.12. The molecule has 0 spiro atoms. The topological polar surface area (TPSA) is 49.1 Å². The molecular weight excluding hydrogens is 322 g/mol. The van der Waals surface area contributed by atoms with Crippen LogP contribution >= 0.6 is 11.8 Å². The SMILES string of the molecule is O=C1N=C(N2CCCCC2)S/C1=C\c1ccc(N2CCCCC2)o1. The number of carbonyl (C=O) groups excluding carboxylic acids is 1. The number of rotatable bonds is 2. The molecule has 0 aliphatic carbocycles. The number of hydrogen-bond acceptors (Lipinski definition) is 5. The van der Waals surface area contributed by atoms with E-state index in [0.717, 1.165) is 43.0 Å². The molecule has 0 saturated carbocycles. The average molecular weight is 345 g/mol. The largest absolute Gasteiger partial charge is 0.441 e. The van der Waals surface area contributed by atoms with Crippen molar-refractivity contribution in [2.24, 2.45) is 4.99 Å². The van der Waals surface area contributed by atoms with Gasteiger partial charge in [0.25, 0.3) is 5.91 Å². The van der Waals surface area contributed by atoms with Gasteiger partial charge in [0.05, 0.1) is 4.91 Å². The lowest BCUT2D eigenvalue weighted by atomic mass is 10.1. The molecule has 6 heteroatoms. The maximum absolute atomic E-state index is 12.2. The molecule has 24 heavy (non-hydrogen) atoms. The van der Waals surface area contributed by atoms with Gasteiger partial charge in [0.1, 0.15) is 5.76 Å². The maximum Gasteiger partial charge on any atom is 0.286 e. The Labute approximate surface area is 146 Å². The molecule has 5 nitrogen and oxygen atoms in total. The Kier molecular flexibility index (Phi) is 4.65. The van der Waals surface area contributed by atoms with Gasteiger partial charge in [-0.05, 0) is 56.4 Å². The zero-order valence-corrected chi connectivity index (χ0v) is 14.7. The molecule has 4 rings (SSSR count). The molecule has 128 valence electrons. The standard InChI is InChI=1S/C18H23N3O2S/c22-17-15(24-18(19-17)21-11-5-2-6-12-21)13-14-7-8-16(23-14)20-9-3-1-4-10-20/h7-8,13H,1-6,9-12H2/b15-13-. The first-order valence-corrected chi connectivity index (χ1v) is 9.73. The Morgan fingerprint density at radius 3 is 2.33 bits per heavy atom. The number of nitrogens with zero attached hydrogens (tertiary/aromatic N) is 3. The third kappa shape index (κ3) is 3.38. The summed E-state index contributed by atoms with van der Waals surface area (Å²) in [5, 5.41) is 0.855. The van der Waals surface area contributed by atoms with E-state index in [1.54, 1.807) is 0 Å². The van der Waals surface area contributed by atoms with E-state index in [9.17, 15) is 4.79 Å². The van der Waals surface area contributed by atoms with Gasteiger partial charge in [-0.2, -0.15) is 4.99 Å². The fourth-order valence-electron chi connectivity index (χ4n) is 3.45. The molecule has 2 saturated heterocycles. The molecule has 2 fully saturated rings. The number of hydrogen-bond donors (Lipinski definition) is 0. The van der Waals surface area contributed by atoms with E-state index in [1.165, 1.54) is 50.3 Å². The van der Waals surface area contributed by atoms with Crippen LogP contribution in [0.15, 0.2) is 26.4 Å². The summed E-state index contributed by atoms with van der Waals surface area (Å²) in [4.78, 5) is 21.6. The van der Waals surface area contributed by atoms with Gasteiger partial charge in [0.15, 0.2) is 11.1 Å². The normalized spacial score (nSPS) is 23.9. The van der Waals surface area contributed by atoms with Crippen molar-refractivity contribution in [2.75, 3.05) is 31.1 Å². The van der Waals surface area contributed by atoms with E-state index in [1.807, 2.05) is 18.2 Å². The number of carbonyl (C=O) groups is 1. The molecule has 3 aliphatic rings. The zero-order valence-electron chi connectivity index (χ0n) is 13.9. The number of furan rings is 1. The van der Waals surface area contributed by atoms with Gasteiger partial charge in [0.2, 0.25) is 0 Å². The highest BCUT2D eigenvalue weighted by Gasteiger charge is 2.27. The number of aliphatic imine (C=N–C) groups is 1. The summed E-state index contributed by atoms with van der Waals surface area (Å²) < 4.78 is 5.93. The minimum Gasteiger partial charge on any atom is -0.441 e. The Bertz CT molecular complexity index is 668. The molecule has 0 unspecified atom stereocenters. The number of piperidine rings is 2. The summed E-state index contributed by atoms with van der Waals surface area (Å²) in [5.74, 6) is 1.51. The van der Waals surface area contributed by atoms with Gasteiger partial charge in [0, 0.05) is 38.3 Å². The van der Waals surface area contributed by atoms with Crippen LogP contribution in [-0.2, 0) is 4.79 Å². The average Bonchev–Trinajstić information content (AvgIpc) is 3.24. The molecule has 3 aliphatic heterocycles. The molecule has 0 atom stereocenters. The monoisotopic (exact) mass is 345 g/mol. The molecule has 0 bridgehead atoms. The Morgan fingerprint density at radius 1 is 0.958 bits per heavy atom. The van der Waals surface area contributed by atoms with Crippen LogP contribution in [0.5, 0.6) is 0 Å². The second-order valence-electron chi connectivity index (χ2n) is 6.58. The summed E-state index contributed by atoms with van der Waals surface area (Å²) in [5.41, 5.74) is 0. The van der Waals surface area contributed by atoms with Crippen LogP contribution in [0, 0.1) is 0 Å². The molecular formula is C18H23N3O2S. The molecule has 1 amide bonds. The lowest BCUT2D eigenvalue weighted by Gasteiger charge is -2.27. The number of anilines is 1. The predicted octanol–water partition coefficient (Wildman–Crippen LogP) is 3.73. The Hall–Kier alpha value is -1.69. The number of amides is 1. The first kappa shape index (κ1) is 15.8. The fourth-order valence-corrected chi connectivity index (χ4v) is 4.40. The van der Waals surface area contributed by atoms with Crippen molar-refractivity contribution in [3.63, 3.8) is 0 Å². The van der Waals surface area contributed by atoms with Crippen molar-refractivity contribution in [2.45, 2.75) is 38.5 Å². The first-order chi connectivity index (χ1) is 11.8. The summed E-state index contributed by atoms with van der Waals surface area (Å²) in [7, 11) is 0. The lowest BCUT2D eigenvalue weighted by Crippen LogP contribution is -2.33. The van der Waals surface area contributed by atoms with E-state index >= 15 is 0 Å². The number of thioether (sulfide) groups is 1. The highest BCUT2D eigenvalue weighted by atomic mass is 32.2. The number of likely N-dealkylation sites (tertiary alicyclic amines) is 1. The predicted molar refractivity (Wildman–Crippen MR) is 98.2 cm³/mol. The Balaban J connectivity index is 1.44. The summed E-state index contributed by atoms with van der Waals surface area (Å²) >= 11 is 1.48. The van der Waals surface area contributed by atoms with Crippen molar-refractivity contribution in [1.29, 1.82) is 0 Å². The van der Waals surface area contributed by atoms with Crippen LogP contribution in [0.25, 0.3) is 6.08 Å². The third-order valence-corrected chi connectivity index (χ3v) is 5.83. The molecule has 1 aromatic heterocycles. The van der Waals surface area contributed by atoms with Gasteiger partial charge < -0.3 is 14.2 Å². The van der Waals surface area contributed by atoms with E-state index in [4.69, 9.17) is 4.42 Å². The van der Waals surface area contributed by atoms with Gasteiger partial charge in [-0.15, -0.1) is 0 Å². The lowest BCUT2D eigenvalue weighted by molar-refractivity contribution is -0.113. The maximum atomic E-state index is 12.2. The minimum absolute atomic E-state index is 0.142. The molecule has 0 aromatic carbocycles. The van der Waals surface area contributed by atoms with Crippen LogP contribution in [0.1, 0.15) is 44.3 Å². The van der Waals surface area contributed by atoms with E-state index in [0.29, 0.717) is 4.91 Å². The van der Waals surface area contributed by atoms with E-state index < -0.39 is 0 Å². The Morgan fingerprint density at radius 2 is 1.62 bits per heavy atom. The molecule has 0 N–H and O–H groups in total. The van der Waals surface area contributed by atoms with E-state index in [2.05, 4.69) is 14.8 Å². The quantitative estimate of drug-likeness (QED) is 0.765. The summed E-state index contributed by atoms with van der Waals surface area (Å²) in [6, 6.07) is 3.96. The minimum atomic E-state index is -0.142. The first-order valence-electron chi connectivity index (χ1n) is 8.92. The second kappa shape index (κ2) is 7.05. The van der Waals surface area contributed by atoms with Crippen LogP contribution in [0.3, 0.4) is 0 Å². The molecule has 4 heterocycles. The van der Waals surface area contributed by atoms with Gasteiger partial charge in [-0.25, -0.2) is 0 Å². The molecule has 1 aromatic rings. The third-order valence-electron chi connectivity index (χ3n) is 4.79. The summed E-state index contributed by atoms with van der Waals surface area (Å²) in [6.07, 6.45) is 9.22. The van der Waals surface area contributed by atoms with Crippen LogP contribution < -0.4 is 4.90 Å². The fraction of sp³-hybridized carbons (Fsp3) is 0.556. The van der Waals surface area contributed by atoms with E-state index in [-0.39, 0.29) is 5.91 Å². The van der Waals surface area contributed by atoms with Crippen molar-refractivity contribution >= 4 is 34.8 Å². The van der Waals surface area contributed by atoms with Crippen molar-refractivity contribution in [3.05, 3.63) is 22.8 Å². The van der Waals surface area contributed by atoms with Crippen LogP contribution in [-0.4, -0.2) is 42.2 Å². The highest BCUT2D eigenvalue weighted by molar-refractivity contribution is 8.18.